The first kappa shape index (κ1) is 19.7. The molecule has 2 fully saturated rings. The average Bonchev–Trinajstić information content (AvgIpc) is 2.60. The van der Waals surface area contributed by atoms with Gasteiger partial charge in [-0.25, -0.2) is 12.7 Å². The molecule has 1 saturated carbocycles. The Kier molecular flexibility index (Phi) is 7.07. The molecule has 1 N–H and O–H groups in total. The highest BCUT2D eigenvalue weighted by molar-refractivity contribution is 7.89. The summed E-state index contributed by atoms with van der Waals surface area (Å²) < 4.78 is 25.4. The first-order valence-corrected chi connectivity index (χ1v) is 11.0. The molecule has 24 heavy (non-hydrogen) atoms. The summed E-state index contributed by atoms with van der Waals surface area (Å²) >= 11 is 0. The minimum atomic E-state index is -3.16. The molecular weight excluding hydrogens is 328 g/mol. The van der Waals surface area contributed by atoms with E-state index in [0.29, 0.717) is 32.5 Å². The lowest BCUT2D eigenvalue weighted by Crippen LogP contribution is -2.52. The Labute approximate surface area is 146 Å². The van der Waals surface area contributed by atoms with Crippen LogP contribution in [0.1, 0.15) is 58.8 Å². The molecule has 0 aromatic rings. The van der Waals surface area contributed by atoms with Gasteiger partial charge in [-0.3, -0.25) is 4.79 Å². The lowest BCUT2D eigenvalue weighted by molar-refractivity contribution is -0.143. The Balaban J connectivity index is 2.00. The Morgan fingerprint density at radius 3 is 2.29 bits per heavy atom. The Hall–Kier alpha value is -0.660. The maximum absolute atomic E-state index is 13.0. The van der Waals surface area contributed by atoms with Gasteiger partial charge in [0, 0.05) is 25.6 Å². The third kappa shape index (κ3) is 4.49. The van der Waals surface area contributed by atoms with Crippen LogP contribution in [0.3, 0.4) is 0 Å². The number of carbonyl (C=O) groups excluding carboxylic acids is 1. The number of nitrogens with zero attached hydrogens (tertiary/aromatic N) is 2. The molecule has 6 nitrogen and oxygen atoms in total. The molecule has 2 aliphatic rings. The summed E-state index contributed by atoms with van der Waals surface area (Å²) in [5.41, 5.74) is 0. The smallest absolute Gasteiger partial charge is 0.226 e. The Morgan fingerprint density at radius 1 is 1.12 bits per heavy atom. The highest BCUT2D eigenvalue weighted by Gasteiger charge is 2.37. The first-order chi connectivity index (χ1) is 11.4. The van der Waals surface area contributed by atoms with Crippen LogP contribution < -0.4 is 0 Å². The molecule has 1 saturated heterocycles. The van der Waals surface area contributed by atoms with Crippen molar-refractivity contribution >= 4 is 15.9 Å². The normalized spacial score (nSPS) is 27.1. The monoisotopic (exact) mass is 360 g/mol. The molecule has 0 bridgehead atoms. The maximum atomic E-state index is 13.0. The van der Waals surface area contributed by atoms with Gasteiger partial charge < -0.3 is 10.0 Å². The Bertz CT molecular complexity index is 515. The van der Waals surface area contributed by atoms with Crippen molar-refractivity contribution in [2.45, 2.75) is 70.9 Å². The van der Waals surface area contributed by atoms with Crippen LogP contribution in [0.2, 0.25) is 0 Å². The second-order valence-electron chi connectivity index (χ2n) is 7.02. The number of amides is 1. The summed E-state index contributed by atoms with van der Waals surface area (Å²) in [6.45, 7) is 5.24. The molecule has 7 heteroatoms. The van der Waals surface area contributed by atoms with Crippen molar-refractivity contribution in [3.63, 3.8) is 0 Å². The highest BCUT2D eigenvalue weighted by atomic mass is 32.2. The van der Waals surface area contributed by atoms with E-state index in [9.17, 15) is 18.3 Å². The zero-order valence-electron chi connectivity index (χ0n) is 15.0. The highest BCUT2D eigenvalue weighted by Crippen LogP contribution is 2.28. The van der Waals surface area contributed by atoms with Crippen LogP contribution in [0, 0.1) is 5.92 Å². The van der Waals surface area contributed by atoms with E-state index < -0.39 is 16.1 Å². The van der Waals surface area contributed by atoms with Gasteiger partial charge in [-0.15, -0.1) is 0 Å². The van der Waals surface area contributed by atoms with E-state index in [-0.39, 0.29) is 23.6 Å². The van der Waals surface area contributed by atoms with Gasteiger partial charge in [-0.1, -0.05) is 19.8 Å². The topological polar surface area (TPSA) is 77.9 Å². The third-order valence-corrected chi connectivity index (χ3v) is 7.28. The van der Waals surface area contributed by atoms with Crippen molar-refractivity contribution in [2.24, 2.45) is 5.92 Å². The number of aliphatic hydroxyl groups excluding tert-OH is 1. The van der Waals surface area contributed by atoms with Crippen molar-refractivity contribution in [3.05, 3.63) is 0 Å². The van der Waals surface area contributed by atoms with Gasteiger partial charge in [-0.05, 0) is 39.0 Å². The van der Waals surface area contributed by atoms with Crippen molar-refractivity contribution < 1.29 is 18.3 Å². The Morgan fingerprint density at radius 2 is 1.75 bits per heavy atom. The largest absolute Gasteiger partial charge is 0.391 e. The second kappa shape index (κ2) is 8.63. The molecule has 0 spiro atoms. The minimum absolute atomic E-state index is 0.0661. The van der Waals surface area contributed by atoms with Crippen molar-refractivity contribution in [1.29, 1.82) is 0 Å². The van der Waals surface area contributed by atoms with Crippen LogP contribution in [0.25, 0.3) is 0 Å². The number of hydrogen-bond donors (Lipinski definition) is 1. The van der Waals surface area contributed by atoms with Crippen LogP contribution in [0.5, 0.6) is 0 Å². The number of rotatable bonds is 6. The zero-order valence-corrected chi connectivity index (χ0v) is 15.8. The molecule has 0 aromatic carbocycles. The predicted molar refractivity (Wildman–Crippen MR) is 94.0 cm³/mol. The quantitative estimate of drug-likeness (QED) is 0.780. The van der Waals surface area contributed by atoms with Crippen LogP contribution in [-0.4, -0.2) is 66.2 Å². The molecule has 2 rings (SSSR count). The van der Waals surface area contributed by atoms with E-state index in [0.717, 1.165) is 32.1 Å². The number of sulfonamides is 1. The molecule has 0 aromatic heterocycles. The van der Waals surface area contributed by atoms with Gasteiger partial charge in [0.25, 0.3) is 0 Å². The summed E-state index contributed by atoms with van der Waals surface area (Å²) in [6, 6.07) is -0.0661. The van der Waals surface area contributed by atoms with Gasteiger partial charge in [0.05, 0.1) is 17.9 Å². The first-order valence-electron chi connectivity index (χ1n) is 9.37. The molecule has 0 radical (unpaired) electrons. The van der Waals surface area contributed by atoms with E-state index in [2.05, 4.69) is 0 Å². The molecular formula is C17H32N2O4S. The second-order valence-corrected chi connectivity index (χ2v) is 9.28. The number of piperidine rings is 1. The lowest BCUT2D eigenvalue weighted by Gasteiger charge is -2.40. The predicted octanol–water partition coefficient (Wildman–Crippen LogP) is 1.59. The van der Waals surface area contributed by atoms with Crippen LogP contribution >= 0.6 is 0 Å². The van der Waals surface area contributed by atoms with Gasteiger partial charge in [0.2, 0.25) is 15.9 Å². The fraction of sp³-hybridized carbons (Fsp3) is 0.941. The van der Waals surface area contributed by atoms with E-state index >= 15 is 0 Å². The number of hydrogen-bond acceptors (Lipinski definition) is 4. The van der Waals surface area contributed by atoms with E-state index in [1.807, 2.05) is 11.8 Å². The minimum Gasteiger partial charge on any atom is -0.391 e. The molecule has 2 atom stereocenters. The molecule has 1 amide bonds. The molecule has 1 heterocycles. The summed E-state index contributed by atoms with van der Waals surface area (Å²) in [4.78, 5) is 14.9. The van der Waals surface area contributed by atoms with Crippen LogP contribution in [0.15, 0.2) is 0 Å². The average molecular weight is 361 g/mol. The summed E-state index contributed by atoms with van der Waals surface area (Å²) in [7, 11) is -3.16. The summed E-state index contributed by atoms with van der Waals surface area (Å²) in [5, 5.41) is 10.3. The SMILES string of the molecule is CCCN(C(=O)C1CCN(S(=O)(=O)CC)CC1)[C@@H]1CCCC[C@@H]1O. The van der Waals surface area contributed by atoms with Gasteiger partial charge >= 0.3 is 0 Å². The van der Waals surface area contributed by atoms with Crippen molar-refractivity contribution in [1.82, 2.24) is 9.21 Å². The maximum Gasteiger partial charge on any atom is 0.226 e. The standard InChI is InChI=1S/C17H32N2O4S/c1-3-11-19(15-7-5-6-8-16(15)20)17(21)14-9-12-18(13-10-14)24(22,23)4-2/h14-16,20H,3-13H2,1-2H3/t15-,16+/m1/s1. The summed E-state index contributed by atoms with van der Waals surface area (Å²) in [5.74, 6) is 0.104. The summed E-state index contributed by atoms with van der Waals surface area (Å²) in [6.07, 6.45) is 5.35. The van der Waals surface area contributed by atoms with Gasteiger partial charge in [0.1, 0.15) is 0 Å². The van der Waals surface area contributed by atoms with E-state index in [4.69, 9.17) is 0 Å². The molecule has 140 valence electrons. The lowest BCUT2D eigenvalue weighted by atomic mass is 9.89. The van der Waals surface area contributed by atoms with Crippen molar-refractivity contribution in [3.8, 4) is 0 Å². The number of carbonyl (C=O) groups is 1. The van der Waals surface area contributed by atoms with Gasteiger partial charge in [-0.2, -0.15) is 0 Å². The number of aliphatic hydroxyl groups is 1. The molecule has 1 aliphatic carbocycles. The zero-order chi connectivity index (χ0) is 17.7. The van der Waals surface area contributed by atoms with E-state index in [1.165, 1.54) is 4.31 Å². The van der Waals surface area contributed by atoms with Crippen LogP contribution in [0.4, 0.5) is 0 Å². The van der Waals surface area contributed by atoms with Crippen molar-refractivity contribution in [2.75, 3.05) is 25.4 Å². The molecule has 0 unspecified atom stereocenters. The fourth-order valence-electron chi connectivity index (χ4n) is 3.93. The van der Waals surface area contributed by atoms with Gasteiger partial charge in [0.15, 0.2) is 0 Å². The van der Waals surface area contributed by atoms with E-state index in [1.54, 1.807) is 6.92 Å². The van der Waals surface area contributed by atoms with Crippen LogP contribution in [-0.2, 0) is 14.8 Å². The molecule has 1 aliphatic heterocycles. The third-order valence-electron chi connectivity index (χ3n) is 5.40. The fourth-order valence-corrected chi connectivity index (χ4v) is 5.07.